The molecule has 0 saturated heterocycles. The molecule has 0 heterocycles. The van der Waals surface area contributed by atoms with Crippen molar-refractivity contribution in [1.82, 2.24) is 0 Å². The van der Waals surface area contributed by atoms with Crippen LogP contribution in [0.25, 0.3) is 0 Å². The smallest absolute Gasteiger partial charge is 0.362 e. The number of halogens is 1. The van der Waals surface area contributed by atoms with Crippen LogP contribution >= 0.6 is 27.7 Å². The maximum Gasteiger partial charge on any atom is 0.362 e. The molecule has 142 valence electrons. The van der Waals surface area contributed by atoms with Crippen LogP contribution in [0.4, 0.5) is 5.69 Å². The standard InChI is InChI=1S/C19H19BrN2O4S/c1-3-26-19(24)18(22-21-14-6-8-15(25-2)9-7-14)17(23)12-27-16-10-4-13(20)5-11-16/h4-11,23H,3,12H2,1-2H3. The number of methoxy groups -OCH3 is 1. The Morgan fingerprint density at radius 3 is 2.41 bits per heavy atom. The summed E-state index contributed by atoms with van der Waals surface area (Å²) in [5.41, 5.74) is 0.309. The molecule has 0 atom stereocenters. The molecule has 0 aromatic heterocycles. The van der Waals surface area contributed by atoms with E-state index in [1.165, 1.54) is 11.8 Å². The molecule has 6 nitrogen and oxygen atoms in total. The first-order valence-electron chi connectivity index (χ1n) is 8.07. The van der Waals surface area contributed by atoms with Crippen molar-refractivity contribution in [2.75, 3.05) is 19.5 Å². The first kappa shape index (κ1) is 21.0. The summed E-state index contributed by atoms with van der Waals surface area (Å²) in [5.74, 6) is -0.0663. The van der Waals surface area contributed by atoms with Crippen molar-refractivity contribution in [3.63, 3.8) is 0 Å². The first-order chi connectivity index (χ1) is 13.0. The number of aliphatic hydroxyl groups excluding tert-OH is 1. The van der Waals surface area contributed by atoms with E-state index in [2.05, 4.69) is 26.2 Å². The number of carbonyl (C=O) groups excluding carboxylic acids is 1. The van der Waals surface area contributed by atoms with Gasteiger partial charge in [-0.05, 0) is 55.5 Å². The molecule has 0 saturated carbocycles. The van der Waals surface area contributed by atoms with E-state index in [4.69, 9.17) is 9.47 Å². The topological polar surface area (TPSA) is 80.5 Å². The van der Waals surface area contributed by atoms with Gasteiger partial charge >= 0.3 is 5.97 Å². The van der Waals surface area contributed by atoms with E-state index in [1.807, 2.05) is 24.3 Å². The van der Waals surface area contributed by atoms with Crippen LogP contribution in [0, 0.1) is 0 Å². The van der Waals surface area contributed by atoms with Gasteiger partial charge in [-0.15, -0.1) is 16.9 Å². The second-order valence-corrected chi connectivity index (χ2v) is 7.12. The van der Waals surface area contributed by atoms with Crippen LogP contribution in [0.2, 0.25) is 0 Å². The van der Waals surface area contributed by atoms with E-state index in [9.17, 15) is 9.90 Å². The number of aliphatic hydroxyl groups is 1. The van der Waals surface area contributed by atoms with Crippen LogP contribution in [-0.2, 0) is 9.53 Å². The zero-order chi connectivity index (χ0) is 19.6. The molecule has 0 spiro atoms. The van der Waals surface area contributed by atoms with Gasteiger partial charge in [-0.1, -0.05) is 15.9 Å². The molecule has 27 heavy (non-hydrogen) atoms. The number of hydrogen-bond donors (Lipinski definition) is 1. The third kappa shape index (κ3) is 6.73. The maximum absolute atomic E-state index is 12.1. The fourth-order valence-electron chi connectivity index (χ4n) is 1.92. The lowest BCUT2D eigenvalue weighted by Gasteiger charge is -2.06. The molecule has 0 bridgehead atoms. The minimum atomic E-state index is -0.719. The molecule has 0 amide bonds. The summed E-state index contributed by atoms with van der Waals surface area (Å²) >= 11 is 4.75. The molecule has 2 aromatic rings. The zero-order valence-corrected chi connectivity index (χ0v) is 17.3. The number of azo groups is 1. The van der Waals surface area contributed by atoms with E-state index in [0.29, 0.717) is 11.4 Å². The Labute approximate surface area is 170 Å². The number of nitrogens with zero attached hydrogens (tertiary/aromatic N) is 2. The Bertz CT molecular complexity index is 821. The van der Waals surface area contributed by atoms with Gasteiger partial charge in [-0.2, -0.15) is 5.11 Å². The molecule has 8 heteroatoms. The van der Waals surface area contributed by atoms with Gasteiger partial charge in [0.2, 0.25) is 5.70 Å². The highest BCUT2D eigenvalue weighted by Crippen LogP contribution is 2.24. The Morgan fingerprint density at radius 2 is 1.81 bits per heavy atom. The van der Waals surface area contributed by atoms with Gasteiger partial charge in [0.15, 0.2) is 0 Å². The number of carbonyl (C=O) groups is 1. The van der Waals surface area contributed by atoms with Gasteiger partial charge in [0.25, 0.3) is 0 Å². The minimum absolute atomic E-state index is 0.164. The van der Waals surface area contributed by atoms with E-state index in [0.717, 1.165) is 9.37 Å². The van der Waals surface area contributed by atoms with Gasteiger partial charge < -0.3 is 14.6 Å². The highest BCUT2D eigenvalue weighted by molar-refractivity contribution is 9.10. The lowest BCUT2D eigenvalue weighted by Crippen LogP contribution is -2.09. The predicted octanol–water partition coefficient (Wildman–Crippen LogP) is 5.67. The fourth-order valence-corrected chi connectivity index (χ4v) is 2.96. The molecule has 0 aliphatic rings. The van der Waals surface area contributed by atoms with Crippen molar-refractivity contribution >= 4 is 39.3 Å². The van der Waals surface area contributed by atoms with Gasteiger partial charge in [0.05, 0.1) is 25.2 Å². The Balaban J connectivity index is 2.17. The predicted molar refractivity (Wildman–Crippen MR) is 109 cm³/mol. The largest absolute Gasteiger partial charge is 0.509 e. The summed E-state index contributed by atoms with van der Waals surface area (Å²) in [4.78, 5) is 13.1. The third-order valence-corrected chi connectivity index (χ3v) is 4.82. The quantitative estimate of drug-likeness (QED) is 0.184. The average molecular weight is 451 g/mol. The normalized spacial score (nSPS) is 12.0. The van der Waals surface area contributed by atoms with Crippen LogP contribution in [0.5, 0.6) is 5.75 Å². The van der Waals surface area contributed by atoms with E-state index in [-0.39, 0.29) is 23.8 Å². The van der Waals surface area contributed by atoms with E-state index >= 15 is 0 Å². The molecule has 0 radical (unpaired) electrons. The number of benzene rings is 2. The summed E-state index contributed by atoms with van der Waals surface area (Å²) in [6.45, 7) is 1.86. The molecule has 0 aliphatic carbocycles. The van der Waals surface area contributed by atoms with Crippen LogP contribution in [0.1, 0.15) is 6.92 Å². The van der Waals surface area contributed by atoms with Crippen molar-refractivity contribution in [2.24, 2.45) is 10.2 Å². The van der Waals surface area contributed by atoms with E-state index < -0.39 is 5.97 Å². The number of esters is 1. The number of thioether (sulfide) groups is 1. The monoisotopic (exact) mass is 450 g/mol. The van der Waals surface area contributed by atoms with Gasteiger partial charge in [0, 0.05) is 9.37 Å². The van der Waals surface area contributed by atoms with Crippen molar-refractivity contribution in [1.29, 1.82) is 0 Å². The van der Waals surface area contributed by atoms with Crippen molar-refractivity contribution in [2.45, 2.75) is 11.8 Å². The summed E-state index contributed by atoms with van der Waals surface area (Å²) in [5, 5.41) is 18.3. The number of ether oxygens (including phenoxy) is 2. The van der Waals surface area contributed by atoms with Gasteiger partial charge in [-0.3, -0.25) is 0 Å². The molecule has 2 aromatic carbocycles. The van der Waals surface area contributed by atoms with Crippen molar-refractivity contribution < 1.29 is 19.4 Å². The minimum Gasteiger partial charge on any atom is -0.509 e. The van der Waals surface area contributed by atoms with Crippen molar-refractivity contribution in [3.05, 3.63) is 64.5 Å². The highest BCUT2D eigenvalue weighted by atomic mass is 79.9. The Hall–Kier alpha value is -2.32. The lowest BCUT2D eigenvalue weighted by molar-refractivity contribution is -0.138. The molecular weight excluding hydrogens is 432 g/mol. The molecular formula is C19H19BrN2O4S. The SMILES string of the molecule is CCOC(=O)C(N=Nc1ccc(OC)cc1)=C(O)CSc1ccc(Br)cc1. The Kier molecular flexibility index (Phi) is 8.35. The van der Waals surface area contributed by atoms with Crippen LogP contribution in [0.3, 0.4) is 0 Å². The van der Waals surface area contributed by atoms with Gasteiger partial charge in [0.1, 0.15) is 11.5 Å². The fraction of sp³-hybridized carbons (Fsp3) is 0.211. The van der Waals surface area contributed by atoms with E-state index in [1.54, 1.807) is 38.3 Å². The summed E-state index contributed by atoms with van der Waals surface area (Å²) in [7, 11) is 1.57. The molecule has 1 N–H and O–H groups in total. The summed E-state index contributed by atoms with van der Waals surface area (Å²) in [6.07, 6.45) is 0. The second-order valence-electron chi connectivity index (χ2n) is 5.16. The zero-order valence-electron chi connectivity index (χ0n) is 14.9. The summed E-state index contributed by atoms with van der Waals surface area (Å²) in [6, 6.07) is 14.5. The Morgan fingerprint density at radius 1 is 1.15 bits per heavy atom. The number of hydrogen-bond acceptors (Lipinski definition) is 7. The number of rotatable bonds is 8. The van der Waals surface area contributed by atoms with Gasteiger partial charge in [-0.25, -0.2) is 4.79 Å². The van der Waals surface area contributed by atoms with Crippen LogP contribution in [0.15, 0.2) is 79.6 Å². The highest BCUT2D eigenvalue weighted by Gasteiger charge is 2.17. The lowest BCUT2D eigenvalue weighted by atomic mass is 10.3. The molecule has 0 aliphatic heterocycles. The first-order valence-corrected chi connectivity index (χ1v) is 9.84. The molecule has 0 fully saturated rings. The maximum atomic E-state index is 12.1. The van der Waals surface area contributed by atoms with Crippen molar-refractivity contribution in [3.8, 4) is 5.75 Å². The molecule has 2 rings (SSSR count). The summed E-state index contributed by atoms with van der Waals surface area (Å²) < 4.78 is 11.0. The molecule has 0 unspecified atom stereocenters. The third-order valence-electron chi connectivity index (χ3n) is 3.27. The second kappa shape index (κ2) is 10.7. The van der Waals surface area contributed by atoms with Crippen LogP contribution < -0.4 is 4.74 Å². The average Bonchev–Trinajstić information content (AvgIpc) is 2.68. The van der Waals surface area contributed by atoms with Crippen LogP contribution in [-0.4, -0.2) is 30.5 Å².